The van der Waals surface area contributed by atoms with Gasteiger partial charge in [-0.25, -0.2) is 0 Å². The van der Waals surface area contributed by atoms with Gasteiger partial charge in [0.2, 0.25) is 0 Å². The SMILES string of the molecule is CSc1ccc(CN2CCN(C3CCN(C)CC3)[C@H](CCO)C2)cc1. The number of hydrogen-bond acceptors (Lipinski definition) is 5. The van der Waals surface area contributed by atoms with E-state index in [-0.39, 0.29) is 0 Å². The Bertz CT molecular complexity index is 516. The van der Waals surface area contributed by atoms with E-state index >= 15 is 0 Å². The van der Waals surface area contributed by atoms with Gasteiger partial charge in [-0.15, -0.1) is 11.8 Å². The summed E-state index contributed by atoms with van der Waals surface area (Å²) in [4.78, 5) is 9.04. The minimum atomic E-state index is 0.296. The molecule has 1 N–H and O–H groups in total. The first-order valence-corrected chi connectivity index (χ1v) is 10.8. The summed E-state index contributed by atoms with van der Waals surface area (Å²) >= 11 is 1.80. The molecule has 0 saturated carbocycles. The Kier molecular flexibility index (Phi) is 7.19. The molecule has 0 aromatic heterocycles. The smallest absolute Gasteiger partial charge is 0.0446 e. The van der Waals surface area contributed by atoms with Gasteiger partial charge >= 0.3 is 0 Å². The van der Waals surface area contributed by atoms with E-state index in [0.717, 1.165) is 32.6 Å². The molecule has 2 saturated heterocycles. The Labute approximate surface area is 157 Å². The number of piperazine rings is 1. The summed E-state index contributed by atoms with van der Waals surface area (Å²) in [5.41, 5.74) is 1.40. The van der Waals surface area contributed by atoms with Crippen molar-refractivity contribution < 1.29 is 5.11 Å². The first kappa shape index (κ1) is 19.2. The fraction of sp³-hybridized carbons (Fsp3) is 0.700. The van der Waals surface area contributed by atoms with E-state index in [1.165, 1.54) is 36.4 Å². The predicted octanol–water partition coefficient (Wildman–Crippen LogP) is 2.37. The molecule has 2 aliphatic rings. The van der Waals surface area contributed by atoms with Gasteiger partial charge in [0.1, 0.15) is 0 Å². The minimum Gasteiger partial charge on any atom is -0.396 e. The van der Waals surface area contributed by atoms with Crippen molar-refractivity contribution in [2.75, 3.05) is 52.6 Å². The standard InChI is InChI=1S/C20H33N3OS/c1-21-10-7-18(8-11-21)23-13-12-22(16-19(23)9-14-24)15-17-3-5-20(25-2)6-4-17/h3-6,18-19,24H,7-16H2,1-2H3/t19-/m1/s1. The van der Waals surface area contributed by atoms with Gasteiger partial charge in [0.25, 0.3) is 0 Å². The lowest BCUT2D eigenvalue weighted by atomic mass is 9.98. The molecule has 3 rings (SSSR count). The van der Waals surface area contributed by atoms with Crippen LogP contribution in [0.2, 0.25) is 0 Å². The van der Waals surface area contributed by atoms with Crippen molar-refractivity contribution in [2.24, 2.45) is 0 Å². The Hall–Kier alpha value is -0.590. The molecular weight excluding hydrogens is 330 g/mol. The van der Waals surface area contributed by atoms with Crippen molar-refractivity contribution in [3.63, 3.8) is 0 Å². The fourth-order valence-electron chi connectivity index (χ4n) is 4.28. The number of rotatable bonds is 6. The molecule has 2 aliphatic heterocycles. The van der Waals surface area contributed by atoms with Crippen molar-refractivity contribution in [1.82, 2.24) is 14.7 Å². The number of hydrogen-bond donors (Lipinski definition) is 1. The maximum atomic E-state index is 9.55. The number of thioether (sulfide) groups is 1. The molecule has 1 aromatic rings. The van der Waals surface area contributed by atoms with Crippen molar-refractivity contribution in [2.45, 2.75) is 42.8 Å². The van der Waals surface area contributed by atoms with E-state index in [2.05, 4.69) is 52.3 Å². The number of aliphatic hydroxyl groups excluding tert-OH is 1. The molecule has 0 radical (unpaired) electrons. The summed E-state index contributed by atoms with van der Waals surface area (Å²) in [6, 6.07) is 10.2. The summed E-state index contributed by atoms with van der Waals surface area (Å²) in [5.74, 6) is 0. The molecule has 2 heterocycles. The molecule has 4 nitrogen and oxygen atoms in total. The summed E-state index contributed by atoms with van der Waals surface area (Å²) < 4.78 is 0. The van der Waals surface area contributed by atoms with Crippen LogP contribution in [0.1, 0.15) is 24.8 Å². The lowest BCUT2D eigenvalue weighted by Gasteiger charge is -2.47. The lowest BCUT2D eigenvalue weighted by Crippen LogP contribution is -2.58. The molecule has 0 aliphatic carbocycles. The van der Waals surface area contributed by atoms with Crippen LogP contribution in [0.3, 0.4) is 0 Å². The summed E-state index contributed by atoms with van der Waals surface area (Å²) in [5, 5.41) is 9.55. The number of benzene rings is 1. The second-order valence-electron chi connectivity index (χ2n) is 7.52. The maximum absolute atomic E-state index is 9.55. The van der Waals surface area contributed by atoms with Crippen LogP contribution in [0.4, 0.5) is 0 Å². The number of nitrogens with zero attached hydrogens (tertiary/aromatic N) is 3. The Morgan fingerprint density at radius 2 is 1.80 bits per heavy atom. The van der Waals surface area contributed by atoms with Crippen molar-refractivity contribution in [3.05, 3.63) is 29.8 Å². The highest BCUT2D eigenvalue weighted by molar-refractivity contribution is 7.98. The summed E-state index contributed by atoms with van der Waals surface area (Å²) in [6.45, 7) is 7.09. The van der Waals surface area contributed by atoms with Crippen LogP contribution >= 0.6 is 11.8 Å². The summed E-state index contributed by atoms with van der Waals surface area (Å²) in [6.07, 6.45) is 5.56. The Morgan fingerprint density at radius 3 is 2.44 bits per heavy atom. The fourth-order valence-corrected chi connectivity index (χ4v) is 4.69. The largest absolute Gasteiger partial charge is 0.396 e. The van der Waals surface area contributed by atoms with E-state index in [9.17, 15) is 5.11 Å². The Morgan fingerprint density at radius 1 is 1.08 bits per heavy atom. The van der Waals surface area contributed by atoms with E-state index < -0.39 is 0 Å². The van der Waals surface area contributed by atoms with Crippen LogP contribution in [0.15, 0.2) is 29.2 Å². The van der Waals surface area contributed by atoms with Crippen LogP contribution in [0.5, 0.6) is 0 Å². The van der Waals surface area contributed by atoms with Gasteiger partial charge < -0.3 is 10.0 Å². The first-order valence-electron chi connectivity index (χ1n) is 9.60. The number of piperidine rings is 1. The van der Waals surface area contributed by atoms with E-state index in [1.54, 1.807) is 11.8 Å². The highest BCUT2D eigenvalue weighted by Crippen LogP contribution is 2.24. The topological polar surface area (TPSA) is 30.0 Å². The highest BCUT2D eigenvalue weighted by atomic mass is 32.2. The molecule has 2 fully saturated rings. The molecule has 0 bridgehead atoms. The molecule has 25 heavy (non-hydrogen) atoms. The third kappa shape index (κ3) is 5.20. The van der Waals surface area contributed by atoms with E-state index in [1.807, 2.05) is 0 Å². The quantitative estimate of drug-likeness (QED) is 0.784. The van der Waals surface area contributed by atoms with Crippen LogP contribution in [-0.4, -0.2) is 84.5 Å². The van der Waals surface area contributed by atoms with Gasteiger partial charge in [-0.05, 0) is 63.4 Å². The van der Waals surface area contributed by atoms with E-state index in [4.69, 9.17) is 0 Å². The van der Waals surface area contributed by atoms with Gasteiger partial charge in [-0.1, -0.05) is 12.1 Å². The maximum Gasteiger partial charge on any atom is 0.0446 e. The molecule has 0 amide bonds. The van der Waals surface area contributed by atoms with Gasteiger partial charge in [0, 0.05) is 49.8 Å². The normalized spacial score (nSPS) is 24.7. The third-order valence-electron chi connectivity index (χ3n) is 5.80. The van der Waals surface area contributed by atoms with Crippen LogP contribution in [0, 0.1) is 0 Å². The molecule has 140 valence electrons. The van der Waals surface area contributed by atoms with Crippen LogP contribution in [0.25, 0.3) is 0 Å². The third-order valence-corrected chi connectivity index (χ3v) is 6.54. The second kappa shape index (κ2) is 9.38. The van der Waals surface area contributed by atoms with Crippen LogP contribution < -0.4 is 0 Å². The van der Waals surface area contributed by atoms with Crippen molar-refractivity contribution in [3.8, 4) is 0 Å². The van der Waals surface area contributed by atoms with Crippen molar-refractivity contribution in [1.29, 1.82) is 0 Å². The van der Waals surface area contributed by atoms with E-state index in [0.29, 0.717) is 18.7 Å². The van der Waals surface area contributed by atoms with Gasteiger partial charge in [-0.2, -0.15) is 0 Å². The molecule has 5 heteroatoms. The molecule has 1 atom stereocenters. The molecule has 1 aromatic carbocycles. The zero-order valence-electron chi connectivity index (χ0n) is 15.7. The number of likely N-dealkylation sites (tertiary alicyclic amines) is 1. The zero-order valence-corrected chi connectivity index (χ0v) is 16.5. The molecule has 0 unspecified atom stereocenters. The minimum absolute atomic E-state index is 0.296. The van der Waals surface area contributed by atoms with Gasteiger partial charge in [-0.3, -0.25) is 9.80 Å². The monoisotopic (exact) mass is 363 g/mol. The van der Waals surface area contributed by atoms with Crippen molar-refractivity contribution >= 4 is 11.8 Å². The highest BCUT2D eigenvalue weighted by Gasteiger charge is 2.32. The Balaban J connectivity index is 1.58. The van der Waals surface area contributed by atoms with Crippen LogP contribution in [-0.2, 0) is 6.54 Å². The second-order valence-corrected chi connectivity index (χ2v) is 8.40. The lowest BCUT2D eigenvalue weighted by molar-refractivity contribution is 0.00599. The van der Waals surface area contributed by atoms with Gasteiger partial charge in [0.15, 0.2) is 0 Å². The average molecular weight is 364 g/mol. The van der Waals surface area contributed by atoms with Gasteiger partial charge in [0.05, 0.1) is 0 Å². The first-order chi connectivity index (χ1) is 12.2. The predicted molar refractivity (Wildman–Crippen MR) is 106 cm³/mol. The molecular formula is C20H33N3OS. The number of aliphatic hydroxyl groups is 1. The average Bonchev–Trinajstić information content (AvgIpc) is 2.64. The molecule has 0 spiro atoms. The zero-order chi connectivity index (χ0) is 17.6. The summed E-state index contributed by atoms with van der Waals surface area (Å²) in [7, 11) is 2.22.